The van der Waals surface area contributed by atoms with Crippen LogP contribution in [0.3, 0.4) is 0 Å². The summed E-state index contributed by atoms with van der Waals surface area (Å²) in [5.74, 6) is -0.303. The SMILES string of the molecule is CC(=O)Nc1ccc(S(=O)(=O)Oc2ccc(Cl)c(Cl)c2)cc1N. The van der Waals surface area contributed by atoms with Crippen LogP contribution >= 0.6 is 23.2 Å². The lowest BCUT2D eigenvalue weighted by Crippen LogP contribution is -2.12. The number of nitrogen functional groups attached to an aromatic ring is 1. The summed E-state index contributed by atoms with van der Waals surface area (Å²) in [5, 5.41) is 2.93. The van der Waals surface area contributed by atoms with Crippen LogP contribution in [0.1, 0.15) is 6.92 Å². The molecule has 2 rings (SSSR count). The average Bonchev–Trinajstić information content (AvgIpc) is 2.44. The van der Waals surface area contributed by atoms with Gasteiger partial charge in [-0.15, -0.1) is 0 Å². The third kappa shape index (κ3) is 4.28. The Balaban J connectivity index is 2.30. The number of nitrogens with one attached hydrogen (secondary N) is 1. The highest BCUT2D eigenvalue weighted by atomic mass is 35.5. The molecule has 0 radical (unpaired) electrons. The maximum atomic E-state index is 12.2. The molecular weight excluding hydrogens is 363 g/mol. The maximum absolute atomic E-state index is 12.2. The molecule has 0 spiro atoms. The van der Waals surface area contributed by atoms with Crippen LogP contribution in [0.15, 0.2) is 41.3 Å². The van der Waals surface area contributed by atoms with Crippen LogP contribution in [-0.4, -0.2) is 14.3 Å². The Hall–Kier alpha value is -1.96. The molecule has 0 unspecified atom stereocenters. The minimum atomic E-state index is -4.11. The van der Waals surface area contributed by atoms with Crippen molar-refractivity contribution in [1.29, 1.82) is 0 Å². The molecule has 0 aliphatic carbocycles. The van der Waals surface area contributed by atoms with E-state index in [2.05, 4.69) is 5.32 Å². The van der Waals surface area contributed by atoms with E-state index in [0.29, 0.717) is 5.69 Å². The van der Waals surface area contributed by atoms with Gasteiger partial charge in [-0.1, -0.05) is 23.2 Å². The minimum absolute atomic E-state index is 0.0175. The number of benzene rings is 2. The van der Waals surface area contributed by atoms with Crippen LogP contribution < -0.4 is 15.2 Å². The number of halogens is 2. The molecule has 3 N–H and O–H groups in total. The summed E-state index contributed by atoms with van der Waals surface area (Å²) in [4.78, 5) is 10.9. The largest absolute Gasteiger partial charge is 0.397 e. The average molecular weight is 375 g/mol. The molecule has 0 aliphatic heterocycles. The zero-order chi connectivity index (χ0) is 17.2. The first-order chi connectivity index (χ1) is 10.7. The van der Waals surface area contributed by atoms with Crippen molar-refractivity contribution < 1.29 is 17.4 Å². The highest BCUT2D eigenvalue weighted by Gasteiger charge is 2.18. The highest BCUT2D eigenvalue weighted by Crippen LogP contribution is 2.29. The van der Waals surface area contributed by atoms with Crippen molar-refractivity contribution in [2.75, 3.05) is 11.1 Å². The second kappa shape index (κ2) is 6.66. The van der Waals surface area contributed by atoms with E-state index in [4.69, 9.17) is 33.1 Å². The van der Waals surface area contributed by atoms with E-state index in [-0.39, 0.29) is 32.3 Å². The first-order valence-corrected chi connectivity index (χ1v) is 8.42. The fraction of sp³-hybridized carbons (Fsp3) is 0.0714. The summed E-state index contributed by atoms with van der Waals surface area (Å²) < 4.78 is 29.5. The third-order valence-corrected chi connectivity index (χ3v) is 4.70. The number of nitrogens with two attached hydrogens (primary N) is 1. The van der Waals surface area contributed by atoms with Gasteiger partial charge in [0.2, 0.25) is 5.91 Å². The molecule has 23 heavy (non-hydrogen) atoms. The molecule has 122 valence electrons. The molecule has 0 saturated heterocycles. The van der Waals surface area contributed by atoms with Gasteiger partial charge < -0.3 is 15.2 Å². The van der Waals surface area contributed by atoms with Crippen molar-refractivity contribution >= 4 is 50.6 Å². The molecule has 2 aromatic carbocycles. The van der Waals surface area contributed by atoms with Crippen molar-refractivity contribution in [3.05, 3.63) is 46.4 Å². The Morgan fingerprint density at radius 2 is 1.83 bits per heavy atom. The predicted octanol–water partition coefficient (Wildman–Crippen LogP) is 3.30. The fourth-order valence-electron chi connectivity index (χ4n) is 1.70. The van der Waals surface area contributed by atoms with E-state index in [9.17, 15) is 13.2 Å². The van der Waals surface area contributed by atoms with Gasteiger partial charge in [-0.25, -0.2) is 0 Å². The Bertz CT molecular complexity index is 869. The lowest BCUT2D eigenvalue weighted by molar-refractivity contribution is -0.114. The summed E-state index contributed by atoms with van der Waals surface area (Å²) in [6.07, 6.45) is 0. The number of hydrogen-bond donors (Lipinski definition) is 2. The van der Waals surface area contributed by atoms with Crippen molar-refractivity contribution in [3.63, 3.8) is 0 Å². The van der Waals surface area contributed by atoms with Gasteiger partial charge in [0.25, 0.3) is 0 Å². The first-order valence-electron chi connectivity index (χ1n) is 6.26. The topological polar surface area (TPSA) is 98.5 Å². The Kier molecular flexibility index (Phi) is 5.03. The number of carbonyl (C=O) groups excluding carboxylic acids is 1. The van der Waals surface area contributed by atoms with E-state index < -0.39 is 10.1 Å². The van der Waals surface area contributed by atoms with Gasteiger partial charge in [0.05, 0.1) is 21.4 Å². The smallest absolute Gasteiger partial charge is 0.339 e. The van der Waals surface area contributed by atoms with Crippen molar-refractivity contribution in [3.8, 4) is 5.75 Å². The number of amides is 1. The molecule has 0 aliphatic rings. The minimum Gasteiger partial charge on any atom is -0.397 e. The van der Waals surface area contributed by atoms with Gasteiger partial charge in [0.1, 0.15) is 10.6 Å². The van der Waals surface area contributed by atoms with Crippen LogP contribution in [0.5, 0.6) is 5.75 Å². The Morgan fingerprint density at radius 1 is 1.13 bits per heavy atom. The number of anilines is 2. The summed E-state index contributed by atoms with van der Waals surface area (Å²) in [6, 6.07) is 7.93. The summed E-state index contributed by atoms with van der Waals surface area (Å²) in [5.41, 5.74) is 6.14. The molecule has 0 atom stereocenters. The van der Waals surface area contributed by atoms with Gasteiger partial charge in [-0.2, -0.15) is 8.42 Å². The second-order valence-electron chi connectivity index (χ2n) is 4.54. The van der Waals surface area contributed by atoms with E-state index in [1.54, 1.807) is 0 Å². The summed E-state index contributed by atoms with van der Waals surface area (Å²) in [7, 11) is -4.11. The van der Waals surface area contributed by atoms with Crippen LogP contribution in [0.2, 0.25) is 10.0 Å². The maximum Gasteiger partial charge on any atom is 0.339 e. The molecule has 1 amide bonds. The van der Waals surface area contributed by atoms with Crippen LogP contribution in [0.4, 0.5) is 11.4 Å². The number of rotatable bonds is 4. The molecule has 6 nitrogen and oxygen atoms in total. The molecule has 0 saturated carbocycles. The lowest BCUT2D eigenvalue weighted by Gasteiger charge is -2.10. The zero-order valence-electron chi connectivity index (χ0n) is 11.8. The van der Waals surface area contributed by atoms with Gasteiger partial charge >= 0.3 is 10.1 Å². The van der Waals surface area contributed by atoms with Crippen LogP contribution in [-0.2, 0) is 14.9 Å². The van der Waals surface area contributed by atoms with Gasteiger partial charge in [0.15, 0.2) is 0 Å². The van der Waals surface area contributed by atoms with Crippen LogP contribution in [0.25, 0.3) is 0 Å². The fourth-order valence-corrected chi connectivity index (χ4v) is 2.95. The quantitative estimate of drug-likeness (QED) is 0.631. The zero-order valence-corrected chi connectivity index (χ0v) is 14.2. The molecule has 9 heteroatoms. The summed E-state index contributed by atoms with van der Waals surface area (Å²) >= 11 is 11.6. The normalized spacial score (nSPS) is 11.1. The molecule has 2 aromatic rings. The first kappa shape index (κ1) is 17.4. The van der Waals surface area contributed by atoms with Gasteiger partial charge in [-0.05, 0) is 30.3 Å². The number of hydrogen-bond acceptors (Lipinski definition) is 5. The third-order valence-electron chi connectivity index (χ3n) is 2.72. The van der Waals surface area contributed by atoms with E-state index in [0.717, 1.165) is 0 Å². The monoisotopic (exact) mass is 374 g/mol. The Morgan fingerprint density at radius 3 is 2.39 bits per heavy atom. The molecule has 0 aromatic heterocycles. The lowest BCUT2D eigenvalue weighted by atomic mass is 10.2. The highest BCUT2D eigenvalue weighted by molar-refractivity contribution is 7.87. The molecule has 0 heterocycles. The van der Waals surface area contributed by atoms with Crippen LogP contribution in [0, 0.1) is 0 Å². The molecule has 0 fully saturated rings. The second-order valence-corrected chi connectivity index (χ2v) is 6.90. The standard InChI is InChI=1S/C14H12Cl2N2O4S/c1-8(19)18-14-5-3-10(7-13(14)17)23(20,21)22-9-2-4-11(15)12(16)6-9/h2-7H,17H2,1H3,(H,18,19). The van der Waals surface area contributed by atoms with Crippen molar-refractivity contribution in [2.45, 2.75) is 11.8 Å². The number of carbonyl (C=O) groups is 1. The molecular formula is C14H12Cl2N2O4S. The van der Waals surface area contributed by atoms with Crippen molar-refractivity contribution in [2.24, 2.45) is 0 Å². The van der Waals surface area contributed by atoms with E-state index in [1.807, 2.05) is 0 Å². The predicted molar refractivity (Wildman–Crippen MR) is 89.4 cm³/mol. The van der Waals surface area contributed by atoms with Gasteiger partial charge in [0, 0.05) is 13.0 Å². The van der Waals surface area contributed by atoms with Crippen molar-refractivity contribution in [1.82, 2.24) is 0 Å². The summed E-state index contributed by atoms with van der Waals surface area (Å²) in [6.45, 7) is 1.32. The van der Waals surface area contributed by atoms with E-state index >= 15 is 0 Å². The van der Waals surface area contributed by atoms with Gasteiger partial charge in [-0.3, -0.25) is 4.79 Å². The Labute approximate surface area is 143 Å². The molecule has 0 bridgehead atoms. The van der Waals surface area contributed by atoms with E-state index in [1.165, 1.54) is 43.3 Å².